The lowest BCUT2D eigenvalue weighted by molar-refractivity contribution is 0.126. The lowest BCUT2D eigenvalue weighted by Crippen LogP contribution is -2.41. The molecule has 1 saturated heterocycles. The van der Waals surface area contributed by atoms with Gasteiger partial charge in [-0.3, -0.25) is 4.99 Å². The normalized spacial score (nSPS) is 16.9. The number of nitrogens with one attached hydrogen (secondary N) is 1. The Balaban J connectivity index is 0.00000338. The van der Waals surface area contributed by atoms with Crippen molar-refractivity contribution in [1.82, 2.24) is 10.2 Å². The van der Waals surface area contributed by atoms with E-state index >= 15 is 0 Å². The highest BCUT2D eigenvalue weighted by Gasteiger charge is 2.18. The van der Waals surface area contributed by atoms with Crippen LogP contribution >= 0.6 is 24.0 Å². The highest BCUT2D eigenvalue weighted by atomic mass is 127. The summed E-state index contributed by atoms with van der Waals surface area (Å²) in [7, 11) is 3.76. The van der Waals surface area contributed by atoms with Crippen LogP contribution in [-0.4, -0.2) is 64.5 Å². The van der Waals surface area contributed by atoms with Crippen LogP contribution in [-0.2, 0) is 16.1 Å². The molecular weight excluding hydrogens is 445 g/mol. The molecule has 6 nitrogen and oxygen atoms in total. The van der Waals surface area contributed by atoms with Gasteiger partial charge < -0.3 is 24.4 Å². The molecule has 0 aliphatic carbocycles. The SMILES string of the molecule is CCNC(=NCCOCc1ccccc1OC)N(C)CC1CCOC1.I. The van der Waals surface area contributed by atoms with Gasteiger partial charge in [0.05, 0.1) is 33.5 Å². The quantitative estimate of drug-likeness (QED) is 0.257. The maximum atomic E-state index is 5.75. The van der Waals surface area contributed by atoms with Gasteiger partial charge in [0.25, 0.3) is 0 Å². The van der Waals surface area contributed by atoms with Crippen molar-refractivity contribution in [3.05, 3.63) is 29.8 Å². The zero-order chi connectivity index (χ0) is 17.9. The summed E-state index contributed by atoms with van der Waals surface area (Å²) in [6.07, 6.45) is 1.13. The van der Waals surface area contributed by atoms with E-state index in [0.717, 1.165) is 50.0 Å². The minimum absolute atomic E-state index is 0. The number of rotatable bonds is 9. The standard InChI is InChI=1S/C19H31N3O3.HI/c1-4-20-19(22(2)13-16-9-11-24-14-16)21-10-12-25-15-17-7-5-6-8-18(17)23-3;/h5-8,16H,4,9-15H2,1-3H3,(H,20,21);1H. The second-order valence-electron chi connectivity index (χ2n) is 6.21. The van der Waals surface area contributed by atoms with Crippen LogP contribution in [0, 0.1) is 5.92 Å². The molecule has 1 aliphatic heterocycles. The van der Waals surface area contributed by atoms with Crippen molar-refractivity contribution < 1.29 is 14.2 Å². The van der Waals surface area contributed by atoms with Crippen LogP contribution in [0.1, 0.15) is 18.9 Å². The number of ether oxygens (including phenoxy) is 3. The molecule has 1 heterocycles. The van der Waals surface area contributed by atoms with E-state index in [0.29, 0.717) is 25.7 Å². The van der Waals surface area contributed by atoms with Gasteiger partial charge in [-0.2, -0.15) is 0 Å². The van der Waals surface area contributed by atoms with Crippen LogP contribution in [0.25, 0.3) is 0 Å². The summed E-state index contributed by atoms with van der Waals surface area (Å²) >= 11 is 0. The molecule has 1 aromatic carbocycles. The van der Waals surface area contributed by atoms with Gasteiger partial charge in [0, 0.05) is 38.2 Å². The van der Waals surface area contributed by atoms with Gasteiger partial charge in [-0.05, 0) is 19.4 Å². The summed E-state index contributed by atoms with van der Waals surface area (Å²) < 4.78 is 16.5. The van der Waals surface area contributed by atoms with Crippen LogP contribution in [0.3, 0.4) is 0 Å². The molecule has 1 N–H and O–H groups in total. The van der Waals surface area contributed by atoms with Gasteiger partial charge in [0.2, 0.25) is 0 Å². The first kappa shape index (κ1) is 23.0. The second-order valence-corrected chi connectivity index (χ2v) is 6.21. The zero-order valence-electron chi connectivity index (χ0n) is 16.1. The van der Waals surface area contributed by atoms with Gasteiger partial charge in [-0.25, -0.2) is 0 Å². The zero-order valence-corrected chi connectivity index (χ0v) is 18.4. The molecule has 0 aromatic heterocycles. The Morgan fingerprint density at radius 2 is 2.19 bits per heavy atom. The van der Waals surface area contributed by atoms with Crippen molar-refractivity contribution in [2.24, 2.45) is 10.9 Å². The predicted octanol–water partition coefficient (Wildman–Crippen LogP) is 2.76. The highest BCUT2D eigenvalue weighted by Crippen LogP contribution is 2.17. The Kier molecular flexibility index (Phi) is 11.6. The van der Waals surface area contributed by atoms with Crippen molar-refractivity contribution in [2.75, 3.05) is 53.6 Å². The molecule has 1 fully saturated rings. The van der Waals surface area contributed by atoms with Crippen LogP contribution in [0.5, 0.6) is 5.75 Å². The average molecular weight is 477 g/mol. The first-order chi connectivity index (χ1) is 12.2. The van der Waals surface area contributed by atoms with Gasteiger partial charge in [0.1, 0.15) is 5.75 Å². The number of aliphatic imine (C=N–C) groups is 1. The van der Waals surface area contributed by atoms with Crippen LogP contribution in [0.15, 0.2) is 29.3 Å². The largest absolute Gasteiger partial charge is 0.496 e. The van der Waals surface area contributed by atoms with Gasteiger partial charge in [-0.15, -0.1) is 24.0 Å². The topological polar surface area (TPSA) is 55.3 Å². The highest BCUT2D eigenvalue weighted by molar-refractivity contribution is 14.0. The van der Waals surface area contributed by atoms with E-state index in [4.69, 9.17) is 14.2 Å². The number of hydrogen-bond donors (Lipinski definition) is 1. The van der Waals surface area contributed by atoms with Crippen molar-refractivity contribution >= 4 is 29.9 Å². The van der Waals surface area contributed by atoms with E-state index in [9.17, 15) is 0 Å². The molecule has 0 amide bonds. The number of benzene rings is 1. The van der Waals surface area contributed by atoms with Gasteiger partial charge in [-0.1, -0.05) is 18.2 Å². The Labute approximate surface area is 174 Å². The van der Waals surface area contributed by atoms with E-state index in [2.05, 4.69) is 29.2 Å². The van der Waals surface area contributed by atoms with E-state index < -0.39 is 0 Å². The molecule has 2 rings (SSSR count). The first-order valence-electron chi connectivity index (χ1n) is 9.01. The van der Waals surface area contributed by atoms with E-state index in [1.165, 1.54) is 0 Å². The number of hydrogen-bond acceptors (Lipinski definition) is 4. The third kappa shape index (κ3) is 7.67. The summed E-state index contributed by atoms with van der Waals surface area (Å²) in [4.78, 5) is 6.85. The smallest absolute Gasteiger partial charge is 0.193 e. The van der Waals surface area contributed by atoms with Crippen molar-refractivity contribution in [2.45, 2.75) is 20.0 Å². The number of guanidine groups is 1. The summed E-state index contributed by atoms with van der Waals surface area (Å²) in [5, 5.41) is 3.34. The molecule has 0 spiro atoms. The lowest BCUT2D eigenvalue weighted by Gasteiger charge is -2.24. The number of para-hydroxylation sites is 1. The molecule has 1 aromatic rings. The van der Waals surface area contributed by atoms with E-state index in [-0.39, 0.29) is 24.0 Å². The van der Waals surface area contributed by atoms with Crippen LogP contribution in [0.4, 0.5) is 0 Å². The Hall–Kier alpha value is -1.06. The predicted molar refractivity (Wildman–Crippen MR) is 116 cm³/mol. The van der Waals surface area contributed by atoms with Gasteiger partial charge in [0.15, 0.2) is 5.96 Å². The fourth-order valence-corrected chi connectivity index (χ4v) is 2.89. The Morgan fingerprint density at radius 1 is 1.38 bits per heavy atom. The van der Waals surface area contributed by atoms with E-state index in [1.54, 1.807) is 7.11 Å². The van der Waals surface area contributed by atoms with E-state index in [1.807, 2.05) is 24.3 Å². The van der Waals surface area contributed by atoms with Crippen molar-refractivity contribution in [3.63, 3.8) is 0 Å². The maximum absolute atomic E-state index is 5.75. The average Bonchev–Trinajstić information content (AvgIpc) is 3.13. The van der Waals surface area contributed by atoms with Crippen molar-refractivity contribution in [1.29, 1.82) is 0 Å². The third-order valence-corrected chi connectivity index (χ3v) is 4.20. The molecule has 148 valence electrons. The Bertz CT molecular complexity index is 537. The van der Waals surface area contributed by atoms with Crippen LogP contribution < -0.4 is 10.1 Å². The number of nitrogens with zero attached hydrogens (tertiary/aromatic N) is 2. The lowest BCUT2D eigenvalue weighted by atomic mass is 10.1. The molecule has 0 saturated carbocycles. The molecule has 1 unspecified atom stereocenters. The second kappa shape index (κ2) is 13.2. The summed E-state index contributed by atoms with van der Waals surface area (Å²) in [6, 6.07) is 7.91. The summed E-state index contributed by atoms with van der Waals surface area (Å²) in [6.45, 7) is 7.37. The molecule has 7 heteroatoms. The number of methoxy groups -OCH3 is 1. The minimum atomic E-state index is 0. The molecule has 1 aliphatic rings. The summed E-state index contributed by atoms with van der Waals surface area (Å²) in [5.41, 5.74) is 1.05. The molecular formula is C19H32IN3O3. The monoisotopic (exact) mass is 477 g/mol. The fourth-order valence-electron chi connectivity index (χ4n) is 2.89. The van der Waals surface area contributed by atoms with Crippen LogP contribution in [0.2, 0.25) is 0 Å². The molecule has 1 atom stereocenters. The third-order valence-electron chi connectivity index (χ3n) is 4.20. The maximum Gasteiger partial charge on any atom is 0.193 e. The first-order valence-corrected chi connectivity index (χ1v) is 9.01. The number of halogens is 1. The Morgan fingerprint density at radius 3 is 2.88 bits per heavy atom. The fraction of sp³-hybridized carbons (Fsp3) is 0.632. The molecule has 0 radical (unpaired) electrons. The van der Waals surface area contributed by atoms with Crippen molar-refractivity contribution in [3.8, 4) is 5.75 Å². The molecule has 0 bridgehead atoms. The summed E-state index contributed by atoms with van der Waals surface area (Å²) in [5.74, 6) is 2.38. The molecule has 26 heavy (non-hydrogen) atoms. The minimum Gasteiger partial charge on any atom is -0.496 e. The van der Waals surface area contributed by atoms with Gasteiger partial charge >= 0.3 is 0 Å².